The summed E-state index contributed by atoms with van der Waals surface area (Å²) in [5.74, 6) is -5.93. The Bertz CT molecular complexity index is 1260. The minimum absolute atomic E-state index is 0.0348. The van der Waals surface area contributed by atoms with Gasteiger partial charge in [0.1, 0.15) is 0 Å². The molecule has 2 aromatic heterocycles. The first kappa shape index (κ1) is 30.1. The number of hydrogen-bond donors (Lipinski definition) is 2. The lowest BCUT2D eigenvalue weighted by Crippen LogP contribution is -2.62. The van der Waals surface area contributed by atoms with Crippen molar-refractivity contribution in [2.75, 3.05) is 31.1 Å². The van der Waals surface area contributed by atoms with Crippen LogP contribution in [0.2, 0.25) is 0 Å². The van der Waals surface area contributed by atoms with Crippen LogP contribution >= 0.6 is 0 Å². The molecule has 0 unspecified atom stereocenters. The molecular weight excluding hydrogens is 561 g/mol. The Kier molecular flexibility index (Phi) is 8.66. The number of hydroxylamine groups is 1. The molecule has 2 fully saturated rings. The number of aromatic nitrogens is 2. The summed E-state index contributed by atoms with van der Waals surface area (Å²) in [6, 6.07) is 6.61. The Labute approximate surface area is 228 Å². The van der Waals surface area contributed by atoms with Crippen LogP contribution in [0, 0.1) is 0 Å². The molecule has 2 N–H and O–H groups in total. The Balaban J connectivity index is 1.39. The van der Waals surface area contributed by atoms with Crippen molar-refractivity contribution >= 4 is 21.6 Å². The normalized spacial score (nSPS) is 19.4. The number of halogens is 5. The summed E-state index contributed by atoms with van der Waals surface area (Å²) in [6.45, 7) is 0.724. The molecule has 9 nitrogen and oxygen atoms in total. The van der Waals surface area contributed by atoms with Gasteiger partial charge in [0.05, 0.1) is 11.9 Å². The highest BCUT2D eigenvalue weighted by molar-refractivity contribution is 7.91. The van der Waals surface area contributed by atoms with Crippen LogP contribution in [0.5, 0.6) is 0 Å². The third-order valence-electron chi connectivity index (χ3n) is 7.79. The van der Waals surface area contributed by atoms with E-state index in [0.29, 0.717) is 18.5 Å². The lowest BCUT2D eigenvalue weighted by molar-refractivity contribution is -0.284. The smallest absolute Gasteiger partial charge is 0.370 e. The third-order valence-corrected chi connectivity index (χ3v) is 10.4. The summed E-state index contributed by atoms with van der Waals surface area (Å²) in [6.07, 6.45) is -2.28. The summed E-state index contributed by atoms with van der Waals surface area (Å²) >= 11 is 0. The van der Waals surface area contributed by atoms with Crippen LogP contribution in [0.4, 0.5) is 27.6 Å². The van der Waals surface area contributed by atoms with Gasteiger partial charge in [-0.15, -0.1) is 0 Å². The molecule has 2 aromatic rings. The van der Waals surface area contributed by atoms with Crippen molar-refractivity contribution in [1.82, 2.24) is 19.8 Å². The summed E-state index contributed by atoms with van der Waals surface area (Å²) in [7, 11) is -4.17. The predicted octanol–water partition coefficient (Wildman–Crippen LogP) is 3.66. The molecule has 2 aliphatic heterocycles. The van der Waals surface area contributed by atoms with Crippen molar-refractivity contribution < 1.29 is 40.4 Å². The Hall–Kier alpha value is -2.91. The van der Waals surface area contributed by atoms with Crippen LogP contribution in [0.25, 0.3) is 0 Å². The summed E-state index contributed by atoms with van der Waals surface area (Å²) in [4.78, 5) is 23.0. The molecule has 0 saturated carbocycles. The van der Waals surface area contributed by atoms with Crippen molar-refractivity contribution in [1.29, 1.82) is 0 Å². The number of carbonyl (C=O) groups excluding carboxylic acids is 1. The average Bonchev–Trinajstić information content (AvgIpc) is 2.96. The van der Waals surface area contributed by atoms with E-state index in [1.807, 2.05) is 11.0 Å². The average molecular weight is 592 g/mol. The van der Waals surface area contributed by atoms with E-state index in [1.165, 1.54) is 16.6 Å². The number of piperidine rings is 2. The van der Waals surface area contributed by atoms with Crippen LogP contribution in [0.15, 0.2) is 42.9 Å². The van der Waals surface area contributed by atoms with E-state index in [1.54, 1.807) is 30.0 Å². The third kappa shape index (κ3) is 5.91. The quantitative estimate of drug-likeness (QED) is 0.274. The maximum atomic E-state index is 13.8. The van der Waals surface area contributed by atoms with E-state index in [9.17, 15) is 40.4 Å². The molecule has 220 valence electrons. The van der Waals surface area contributed by atoms with Gasteiger partial charge in [0, 0.05) is 56.6 Å². The number of sulfonamides is 1. The fraction of sp³-hybridized carbons (Fsp3) is 0.560. The highest BCUT2D eigenvalue weighted by Gasteiger charge is 2.57. The largest absolute Gasteiger partial charge is 0.453 e. The van der Waals surface area contributed by atoms with E-state index in [4.69, 9.17) is 0 Å². The predicted molar refractivity (Wildman–Crippen MR) is 134 cm³/mol. The topological polar surface area (TPSA) is 116 Å². The number of nitrogens with one attached hydrogen (secondary N) is 1. The van der Waals surface area contributed by atoms with Gasteiger partial charge < -0.3 is 4.90 Å². The van der Waals surface area contributed by atoms with Gasteiger partial charge in [-0.3, -0.25) is 20.0 Å². The van der Waals surface area contributed by atoms with Gasteiger partial charge in [0.15, 0.2) is 4.75 Å². The van der Waals surface area contributed by atoms with Gasteiger partial charge >= 0.3 is 12.1 Å². The SMILES string of the molecule is O=C(NO)C1(S(=O)(=O)N2CCC(c3ccc(CCC(F)(F)C(F)(F)F)cn3)CC2)CCN(c2cccnc2)CC1. The molecule has 2 aliphatic rings. The molecule has 0 spiro atoms. The standard InChI is InChI=1S/C25H30F5N5O4S/c26-24(27,25(28,29)30)8-5-18-3-4-21(32-16-18)19-6-12-35(13-7-19)40(38,39)23(22(36)33-37)9-14-34(15-10-23)20-2-1-11-31-17-20/h1-4,11,16-17,19,37H,5-10,12-15H2,(H,33,36). The Morgan fingerprint density at radius 2 is 1.73 bits per heavy atom. The van der Waals surface area contributed by atoms with Crippen molar-refractivity contribution in [3.63, 3.8) is 0 Å². The zero-order chi connectivity index (χ0) is 29.2. The maximum absolute atomic E-state index is 13.8. The van der Waals surface area contributed by atoms with Crippen LogP contribution in [-0.2, 0) is 21.2 Å². The number of hydrogen-bond acceptors (Lipinski definition) is 7. The molecule has 0 aliphatic carbocycles. The molecule has 2 saturated heterocycles. The number of nitrogens with zero attached hydrogens (tertiary/aromatic N) is 4. The second-order valence-electron chi connectivity index (χ2n) is 10.1. The highest BCUT2D eigenvalue weighted by Crippen LogP contribution is 2.40. The van der Waals surface area contributed by atoms with Crippen LogP contribution in [0.3, 0.4) is 0 Å². The molecule has 40 heavy (non-hydrogen) atoms. The number of alkyl halides is 5. The number of anilines is 1. The molecule has 0 radical (unpaired) electrons. The minimum atomic E-state index is -5.61. The highest BCUT2D eigenvalue weighted by atomic mass is 32.2. The molecule has 1 amide bonds. The van der Waals surface area contributed by atoms with E-state index >= 15 is 0 Å². The van der Waals surface area contributed by atoms with Crippen LogP contribution in [0.1, 0.15) is 49.3 Å². The Morgan fingerprint density at radius 1 is 1.05 bits per heavy atom. The first-order chi connectivity index (χ1) is 18.8. The fourth-order valence-electron chi connectivity index (χ4n) is 5.28. The summed E-state index contributed by atoms with van der Waals surface area (Å²) in [5.41, 5.74) is 3.16. The van der Waals surface area contributed by atoms with E-state index in [2.05, 4.69) is 9.97 Å². The van der Waals surface area contributed by atoms with Gasteiger partial charge in [-0.1, -0.05) is 6.07 Å². The molecule has 4 rings (SSSR count). The Morgan fingerprint density at radius 3 is 2.25 bits per heavy atom. The monoisotopic (exact) mass is 591 g/mol. The van der Waals surface area contributed by atoms with E-state index < -0.39 is 45.6 Å². The van der Waals surface area contributed by atoms with Gasteiger partial charge in [-0.2, -0.15) is 22.0 Å². The summed E-state index contributed by atoms with van der Waals surface area (Å²) < 4.78 is 90.6. The number of rotatable bonds is 8. The second-order valence-corrected chi connectivity index (χ2v) is 12.4. The van der Waals surface area contributed by atoms with E-state index in [-0.39, 0.29) is 50.5 Å². The number of amides is 1. The zero-order valence-corrected chi connectivity index (χ0v) is 22.3. The molecule has 4 heterocycles. The first-order valence-corrected chi connectivity index (χ1v) is 14.2. The van der Waals surface area contributed by atoms with Crippen molar-refractivity contribution in [3.05, 3.63) is 54.1 Å². The lowest BCUT2D eigenvalue weighted by Gasteiger charge is -2.43. The fourth-order valence-corrected chi connectivity index (χ4v) is 7.44. The maximum Gasteiger partial charge on any atom is 0.453 e. The molecular formula is C25H30F5N5O4S. The van der Waals surface area contributed by atoms with Gasteiger partial charge in [0.2, 0.25) is 10.0 Å². The zero-order valence-electron chi connectivity index (χ0n) is 21.4. The number of aryl methyl sites for hydroxylation is 1. The first-order valence-electron chi connectivity index (χ1n) is 12.8. The van der Waals surface area contributed by atoms with Crippen LogP contribution < -0.4 is 10.4 Å². The minimum Gasteiger partial charge on any atom is -0.370 e. The second kappa shape index (κ2) is 11.5. The molecule has 0 bridgehead atoms. The van der Waals surface area contributed by atoms with Gasteiger partial charge in [-0.05, 0) is 55.9 Å². The molecule has 0 aromatic carbocycles. The molecule has 0 atom stereocenters. The van der Waals surface area contributed by atoms with Crippen molar-refractivity contribution in [2.45, 2.75) is 61.3 Å². The lowest BCUT2D eigenvalue weighted by atomic mass is 9.93. The van der Waals surface area contributed by atoms with Crippen molar-refractivity contribution in [3.8, 4) is 0 Å². The van der Waals surface area contributed by atoms with E-state index in [0.717, 1.165) is 5.69 Å². The van der Waals surface area contributed by atoms with Gasteiger partial charge in [-0.25, -0.2) is 18.2 Å². The molecule has 15 heteroatoms. The number of carbonyl (C=O) groups is 1. The summed E-state index contributed by atoms with van der Waals surface area (Å²) in [5, 5.41) is 9.42. The van der Waals surface area contributed by atoms with Crippen LogP contribution in [-0.4, -0.2) is 76.8 Å². The number of pyridine rings is 2. The van der Waals surface area contributed by atoms with Gasteiger partial charge in [0.25, 0.3) is 5.91 Å². The van der Waals surface area contributed by atoms with Crippen molar-refractivity contribution in [2.24, 2.45) is 0 Å².